The Morgan fingerprint density at radius 3 is 1.99 bits per heavy atom. The van der Waals surface area contributed by atoms with Crippen molar-refractivity contribution in [2.75, 3.05) is 71.4 Å². The highest BCUT2D eigenvalue weighted by Crippen LogP contribution is 2.65. The molecule has 3 aliphatic carbocycles. The Bertz CT molecular complexity index is 3710. The lowest BCUT2D eigenvalue weighted by Crippen LogP contribution is -2.82. The molecular weight excluding hydrogens is 1380 g/mol. The standard InChI is InChI=1S/C74H100N8O22S/c1-41(2)55(79-53(85)39-105-38-42(3)83)63(88)78-49(27-22-32-76-66(75)91)62(87)77-48-30-28-45(29-31-48)37-98-68(93)81(12)33-34-82(13)69(94)101-58(56(46-23-18-16-19-24-46)80-67(92)104-70(6,7)8)65(90)100-50-36-74(95)61(102-64(89)47-25-20-17-21-26-47)59-72(11,60(86)57(97-15)54(43(50)4)71(74,9)10)51(96-14)35-52-73(59,40-99-52)103-44(5)84/h16-21,23-26,28-31,41,49-52,55-59,61,95H,22,27,32-40H2,1-15H3,(H,77,87)(H,78,88)(H,79,85)(H,80,92)(H3,75,76,91)/t49-,50-,51-,52+,55-,56-,57+,58+,59-,61-,72+,73-,74+/m0/s1. The number of benzene rings is 3. The Labute approximate surface area is 615 Å². The number of amides is 8. The van der Waals surface area contributed by atoms with E-state index in [9.17, 15) is 53.1 Å². The SMILES string of the molecule is CO[C@H]1C(=O)[C@]2(C)[C@@H](OC)C[C@H]3OC[C@@]3(OC(C)=O)[C@H]2[C@H](OC(=O)c2ccccc2)[C@]2(O)C[C@H](OC(=O)[C@H](OC(=O)N(C)CCN(C)C(=O)OCc3ccc(NC(=O)[C@H](CCCNC(N)=O)NC(=O)[C@@H](NC(=O)CSCC(C)=O)C(C)C)cc3)[C@@H](NC(=O)OC(C)(C)C)c3ccccc3)C(C)=C1C2(C)C. The number of rotatable bonds is 30. The lowest BCUT2D eigenvalue weighted by molar-refractivity contribution is -0.347. The predicted octanol–water partition coefficient (Wildman–Crippen LogP) is 6.25. The number of ketones is 2. The van der Waals surface area contributed by atoms with Crippen LogP contribution in [-0.4, -0.2) is 218 Å². The summed E-state index contributed by atoms with van der Waals surface area (Å²) in [5, 5.41) is 27.5. The average Bonchev–Trinajstić information content (AvgIpc) is 0.668. The monoisotopic (exact) mass is 1480 g/mol. The van der Waals surface area contributed by atoms with Gasteiger partial charge in [-0.25, -0.2) is 28.8 Å². The van der Waals surface area contributed by atoms with Crippen LogP contribution >= 0.6 is 11.8 Å². The molecule has 4 aliphatic rings. The van der Waals surface area contributed by atoms with Crippen LogP contribution in [0.4, 0.5) is 24.9 Å². The van der Waals surface area contributed by atoms with Crippen molar-refractivity contribution in [3.63, 3.8) is 0 Å². The molecule has 3 fully saturated rings. The summed E-state index contributed by atoms with van der Waals surface area (Å²) in [5.41, 5.74) is -1.90. The number of likely N-dealkylation sites (N-methyl/N-ethyl adjacent to an activating group) is 2. The highest BCUT2D eigenvalue weighted by atomic mass is 32.2. The molecule has 0 radical (unpaired) electrons. The molecule has 2 bridgehead atoms. The number of urea groups is 1. The van der Waals surface area contributed by atoms with Gasteiger partial charge in [0.1, 0.15) is 66.1 Å². The van der Waals surface area contributed by atoms with Gasteiger partial charge in [-0.1, -0.05) is 88.4 Å². The molecule has 105 heavy (non-hydrogen) atoms. The molecule has 1 heterocycles. The fourth-order valence-electron chi connectivity index (χ4n) is 14.1. The molecule has 1 saturated heterocycles. The lowest BCUT2D eigenvalue weighted by atomic mass is 9.44. The molecule has 1 aliphatic heterocycles. The maximum Gasteiger partial charge on any atom is 0.410 e. The van der Waals surface area contributed by atoms with Gasteiger partial charge >= 0.3 is 42.2 Å². The van der Waals surface area contributed by atoms with Crippen molar-refractivity contribution in [1.82, 2.24) is 31.1 Å². The van der Waals surface area contributed by atoms with Gasteiger partial charge in [-0.3, -0.25) is 28.8 Å². The van der Waals surface area contributed by atoms with Crippen LogP contribution < -0.4 is 32.3 Å². The van der Waals surface area contributed by atoms with Crippen molar-refractivity contribution < 1.29 is 105 Å². The first kappa shape index (κ1) is 83.1. The van der Waals surface area contributed by atoms with Gasteiger partial charge in [-0.2, -0.15) is 0 Å². The molecular formula is C74H100N8O22S. The number of alkyl carbamates (subject to hydrolysis) is 1. The van der Waals surface area contributed by atoms with Gasteiger partial charge in [0.25, 0.3) is 0 Å². The van der Waals surface area contributed by atoms with Crippen molar-refractivity contribution in [2.24, 2.45) is 28.4 Å². The molecule has 8 amide bonds. The van der Waals surface area contributed by atoms with E-state index in [1.807, 2.05) is 0 Å². The zero-order chi connectivity index (χ0) is 77.7. The zero-order valence-electron chi connectivity index (χ0n) is 62.1. The van der Waals surface area contributed by atoms with E-state index in [1.54, 1.807) is 135 Å². The minimum atomic E-state index is -2.40. The fraction of sp³-hybridized carbons (Fsp3) is 0.568. The van der Waals surface area contributed by atoms with Crippen LogP contribution in [0.15, 0.2) is 96.1 Å². The van der Waals surface area contributed by atoms with Crippen molar-refractivity contribution in [2.45, 2.75) is 180 Å². The summed E-state index contributed by atoms with van der Waals surface area (Å²) in [6, 6.07) is 17.7. The van der Waals surface area contributed by atoms with Crippen molar-refractivity contribution in [1.29, 1.82) is 0 Å². The number of aliphatic hydroxyl groups is 1. The van der Waals surface area contributed by atoms with Gasteiger partial charge in [0, 0.05) is 78.8 Å². The number of methoxy groups -OCH3 is 2. The Hall–Kier alpha value is -9.17. The Kier molecular flexibility index (Phi) is 27.9. The quantitative estimate of drug-likeness (QED) is 0.0168. The first-order chi connectivity index (χ1) is 49.3. The molecule has 30 nitrogen and oxygen atoms in total. The summed E-state index contributed by atoms with van der Waals surface area (Å²) < 4.78 is 55.3. The highest BCUT2D eigenvalue weighted by Gasteiger charge is 2.78. The Balaban J connectivity index is 1.12. The number of primary amides is 1. The number of nitrogens with two attached hydrogens (primary N) is 1. The Morgan fingerprint density at radius 1 is 0.800 bits per heavy atom. The molecule has 0 spiro atoms. The van der Waals surface area contributed by atoms with Crippen LogP contribution in [0, 0.1) is 22.7 Å². The predicted molar refractivity (Wildman–Crippen MR) is 381 cm³/mol. The van der Waals surface area contributed by atoms with Crippen molar-refractivity contribution >= 4 is 89.0 Å². The number of nitrogens with zero attached hydrogens (tertiary/aromatic N) is 2. The van der Waals surface area contributed by atoms with Gasteiger partial charge in [0.2, 0.25) is 23.8 Å². The van der Waals surface area contributed by atoms with E-state index in [1.165, 1.54) is 59.2 Å². The molecule has 0 aromatic heterocycles. The van der Waals surface area contributed by atoms with Crippen LogP contribution in [0.5, 0.6) is 0 Å². The number of nitrogens with one attached hydrogen (secondary N) is 5. The van der Waals surface area contributed by atoms with Gasteiger partial charge in [-0.05, 0) is 107 Å². The molecule has 13 atom stereocenters. The molecule has 7 rings (SSSR count). The van der Waals surface area contributed by atoms with E-state index in [2.05, 4.69) is 26.6 Å². The zero-order valence-corrected chi connectivity index (χ0v) is 62.9. The van der Waals surface area contributed by atoms with E-state index in [0.29, 0.717) is 11.3 Å². The smallest absolute Gasteiger partial charge is 0.410 e. The summed E-state index contributed by atoms with van der Waals surface area (Å²) in [4.78, 5) is 167. The fourth-order valence-corrected chi connectivity index (χ4v) is 14.8. The minimum absolute atomic E-state index is 0.0386. The number of thioether (sulfide) groups is 1. The largest absolute Gasteiger partial charge is 0.455 e. The molecule has 3 aromatic carbocycles. The number of hydrogen-bond donors (Lipinski definition) is 7. The van der Waals surface area contributed by atoms with E-state index < -0.39 is 166 Å². The first-order valence-corrected chi connectivity index (χ1v) is 35.7. The third kappa shape index (κ3) is 19.7. The van der Waals surface area contributed by atoms with E-state index in [0.717, 1.165) is 16.7 Å². The summed E-state index contributed by atoms with van der Waals surface area (Å²) in [5.74, 6) is -7.17. The second kappa shape index (κ2) is 35.3. The second-order valence-electron chi connectivity index (χ2n) is 28.9. The van der Waals surface area contributed by atoms with E-state index in [-0.39, 0.29) is 91.7 Å². The van der Waals surface area contributed by atoms with Gasteiger partial charge in [0.05, 0.1) is 41.1 Å². The maximum absolute atomic E-state index is 16.0. The van der Waals surface area contributed by atoms with Crippen LogP contribution in [0.3, 0.4) is 0 Å². The molecule has 0 unspecified atom stereocenters. The van der Waals surface area contributed by atoms with Crippen molar-refractivity contribution in [3.05, 3.63) is 113 Å². The normalized spacial score (nSPS) is 24.1. The minimum Gasteiger partial charge on any atom is -0.455 e. The molecule has 31 heteroatoms. The molecule has 3 aromatic rings. The van der Waals surface area contributed by atoms with Crippen LogP contribution in [0.1, 0.15) is 129 Å². The number of carbonyl (C=O) groups is 12. The summed E-state index contributed by atoms with van der Waals surface area (Å²) in [6.07, 6.45) is -12.2. The number of carbonyl (C=O) groups excluding carboxylic acids is 12. The third-order valence-corrected chi connectivity index (χ3v) is 20.7. The van der Waals surface area contributed by atoms with Crippen molar-refractivity contribution in [3.8, 4) is 0 Å². The highest BCUT2D eigenvalue weighted by molar-refractivity contribution is 8.00. The summed E-state index contributed by atoms with van der Waals surface area (Å²) in [7, 11) is 5.44. The number of anilines is 1. The van der Waals surface area contributed by atoms with E-state index in [4.69, 9.17) is 48.4 Å². The van der Waals surface area contributed by atoms with Crippen LogP contribution in [0.25, 0.3) is 0 Å². The summed E-state index contributed by atoms with van der Waals surface area (Å²) in [6.45, 7) is 16.5. The maximum atomic E-state index is 16.0. The number of Topliss-reactive ketones (excluding diaryl/α,β-unsaturated/α-hetero) is 2. The molecule has 2 saturated carbocycles. The lowest BCUT2D eigenvalue weighted by Gasteiger charge is -2.67. The van der Waals surface area contributed by atoms with Gasteiger partial charge in [0.15, 0.2) is 11.4 Å². The second-order valence-corrected chi connectivity index (χ2v) is 29.9. The number of esters is 3. The third-order valence-electron chi connectivity index (χ3n) is 19.6. The molecule has 8 N–H and O–H groups in total. The molecule has 574 valence electrons. The van der Waals surface area contributed by atoms with Gasteiger partial charge in [-0.15, -0.1) is 11.8 Å². The average molecular weight is 1490 g/mol. The number of ether oxygens (including phenoxy) is 9. The van der Waals surface area contributed by atoms with Crippen LogP contribution in [-0.2, 0) is 82.8 Å². The van der Waals surface area contributed by atoms with E-state index >= 15 is 9.59 Å². The summed E-state index contributed by atoms with van der Waals surface area (Å²) >= 11 is 1.10. The Morgan fingerprint density at radius 2 is 1.43 bits per heavy atom. The topological polar surface area (TPSA) is 401 Å². The number of fused-ring (bicyclic) bond motifs is 5. The number of hydrogen-bond acceptors (Lipinski definition) is 23. The van der Waals surface area contributed by atoms with Gasteiger partial charge < -0.3 is 89.9 Å². The first-order valence-electron chi connectivity index (χ1n) is 34.6. The van der Waals surface area contributed by atoms with Crippen LogP contribution in [0.2, 0.25) is 0 Å².